The van der Waals surface area contributed by atoms with E-state index in [0.29, 0.717) is 0 Å². The summed E-state index contributed by atoms with van der Waals surface area (Å²) in [6.45, 7) is 0.770. The van der Waals surface area contributed by atoms with Crippen LogP contribution in [0.3, 0.4) is 0 Å². The standard InChI is InChI=1S/C14H14N2O/c1-17-14-6-4-12(5-7-14)10-16-8-2-3-13(9-15)11-16/h2,4-8,11H,3,10H2,1H3. The van der Waals surface area contributed by atoms with Crippen LogP contribution in [-0.2, 0) is 6.54 Å². The Kier molecular flexibility index (Phi) is 3.46. The second-order valence-electron chi connectivity index (χ2n) is 3.88. The van der Waals surface area contributed by atoms with Crippen LogP contribution in [0.5, 0.6) is 5.75 Å². The Labute approximate surface area is 101 Å². The van der Waals surface area contributed by atoms with Crippen LogP contribution >= 0.6 is 0 Å². The van der Waals surface area contributed by atoms with Gasteiger partial charge in [-0.1, -0.05) is 18.2 Å². The summed E-state index contributed by atoms with van der Waals surface area (Å²) in [6, 6.07) is 10.1. The van der Waals surface area contributed by atoms with Crippen LogP contribution in [0.25, 0.3) is 0 Å². The molecule has 0 bridgehead atoms. The molecule has 0 amide bonds. The molecule has 0 saturated heterocycles. The molecule has 2 rings (SSSR count). The van der Waals surface area contributed by atoms with Crippen LogP contribution in [-0.4, -0.2) is 12.0 Å². The van der Waals surface area contributed by atoms with Crippen molar-refractivity contribution in [2.45, 2.75) is 13.0 Å². The number of hydrogen-bond donors (Lipinski definition) is 0. The van der Waals surface area contributed by atoms with E-state index < -0.39 is 0 Å². The van der Waals surface area contributed by atoms with Crippen LogP contribution in [0.1, 0.15) is 12.0 Å². The van der Waals surface area contributed by atoms with Crippen molar-refractivity contribution >= 4 is 0 Å². The van der Waals surface area contributed by atoms with Crippen molar-refractivity contribution in [3.63, 3.8) is 0 Å². The predicted molar refractivity (Wildman–Crippen MR) is 66.0 cm³/mol. The second kappa shape index (κ2) is 5.22. The molecule has 0 unspecified atom stereocenters. The fourth-order valence-corrected chi connectivity index (χ4v) is 1.73. The van der Waals surface area contributed by atoms with Gasteiger partial charge in [0.05, 0.1) is 13.2 Å². The van der Waals surface area contributed by atoms with Gasteiger partial charge in [0.15, 0.2) is 0 Å². The lowest BCUT2D eigenvalue weighted by molar-refractivity contribution is 0.414. The molecule has 0 aromatic heterocycles. The fourth-order valence-electron chi connectivity index (χ4n) is 1.73. The van der Waals surface area contributed by atoms with E-state index in [4.69, 9.17) is 10.00 Å². The molecule has 0 spiro atoms. The van der Waals surface area contributed by atoms with Crippen molar-refractivity contribution in [1.82, 2.24) is 4.90 Å². The van der Waals surface area contributed by atoms with Crippen LogP contribution in [0.15, 0.2) is 48.3 Å². The molecule has 3 heteroatoms. The molecule has 0 aliphatic carbocycles. The zero-order valence-corrected chi connectivity index (χ0v) is 9.76. The fraction of sp³-hybridized carbons (Fsp3) is 0.214. The Bertz CT molecular complexity index is 480. The zero-order valence-electron chi connectivity index (χ0n) is 9.76. The number of benzene rings is 1. The highest BCUT2D eigenvalue weighted by Crippen LogP contribution is 2.16. The Balaban J connectivity index is 2.05. The number of hydrogen-bond acceptors (Lipinski definition) is 3. The summed E-state index contributed by atoms with van der Waals surface area (Å²) >= 11 is 0. The first-order chi connectivity index (χ1) is 8.31. The summed E-state index contributed by atoms with van der Waals surface area (Å²) in [5.74, 6) is 0.858. The van der Waals surface area contributed by atoms with Crippen molar-refractivity contribution in [2.24, 2.45) is 0 Å². The highest BCUT2D eigenvalue weighted by atomic mass is 16.5. The van der Waals surface area contributed by atoms with Gasteiger partial charge >= 0.3 is 0 Å². The largest absolute Gasteiger partial charge is 0.497 e. The van der Waals surface area contributed by atoms with E-state index in [1.165, 1.54) is 5.56 Å². The van der Waals surface area contributed by atoms with E-state index >= 15 is 0 Å². The number of nitriles is 1. The van der Waals surface area contributed by atoms with Crippen LogP contribution in [0, 0.1) is 11.3 Å². The van der Waals surface area contributed by atoms with Gasteiger partial charge in [0.1, 0.15) is 5.75 Å². The first-order valence-corrected chi connectivity index (χ1v) is 5.48. The molecular formula is C14H14N2O. The van der Waals surface area contributed by atoms with Crippen molar-refractivity contribution < 1.29 is 4.74 Å². The molecule has 1 aromatic carbocycles. The van der Waals surface area contributed by atoms with Gasteiger partial charge in [-0.2, -0.15) is 5.26 Å². The van der Waals surface area contributed by atoms with E-state index in [2.05, 4.69) is 6.07 Å². The van der Waals surface area contributed by atoms with Gasteiger partial charge in [-0.15, -0.1) is 0 Å². The Morgan fingerprint density at radius 2 is 2.12 bits per heavy atom. The number of rotatable bonds is 3. The maximum atomic E-state index is 8.85. The number of allylic oxidation sites excluding steroid dienone is 2. The zero-order chi connectivity index (χ0) is 12.1. The normalized spacial score (nSPS) is 14.1. The number of methoxy groups -OCH3 is 1. The minimum absolute atomic E-state index is 0.732. The third-order valence-corrected chi connectivity index (χ3v) is 2.62. The first kappa shape index (κ1) is 11.3. The molecule has 1 aliphatic rings. The van der Waals surface area contributed by atoms with Gasteiger partial charge < -0.3 is 9.64 Å². The lowest BCUT2D eigenvalue weighted by Crippen LogP contribution is -2.12. The molecule has 86 valence electrons. The average Bonchev–Trinajstić information content (AvgIpc) is 2.40. The number of nitrogens with zero attached hydrogens (tertiary/aromatic N) is 2. The minimum Gasteiger partial charge on any atom is -0.497 e. The second-order valence-corrected chi connectivity index (χ2v) is 3.88. The van der Waals surface area contributed by atoms with E-state index in [9.17, 15) is 0 Å². The average molecular weight is 226 g/mol. The summed E-state index contributed by atoms with van der Waals surface area (Å²) in [5.41, 5.74) is 1.98. The summed E-state index contributed by atoms with van der Waals surface area (Å²) in [4.78, 5) is 2.02. The molecular weight excluding hydrogens is 212 g/mol. The third kappa shape index (κ3) is 2.88. The summed E-state index contributed by atoms with van der Waals surface area (Å²) in [5, 5.41) is 8.85. The van der Waals surface area contributed by atoms with Crippen LogP contribution < -0.4 is 4.74 Å². The molecule has 1 heterocycles. The maximum Gasteiger partial charge on any atom is 0.118 e. The topological polar surface area (TPSA) is 36.3 Å². The summed E-state index contributed by atoms with van der Waals surface area (Å²) < 4.78 is 5.11. The lowest BCUT2D eigenvalue weighted by Gasteiger charge is -2.19. The van der Waals surface area contributed by atoms with Gasteiger partial charge in [0.2, 0.25) is 0 Å². The molecule has 0 atom stereocenters. The van der Waals surface area contributed by atoms with Gasteiger partial charge in [-0.25, -0.2) is 0 Å². The minimum atomic E-state index is 0.732. The summed E-state index contributed by atoms with van der Waals surface area (Å²) in [7, 11) is 1.66. The molecule has 3 nitrogen and oxygen atoms in total. The van der Waals surface area contributed by atoms with E-state index in [-0.39, 0.29) is 0 Å². The molecule has 0 radical (unpaired) electrons. The monoisotopic (exact) mass is 226 g/mol. The molecule has 0 N–H and O–H groups in total. The Hall–Kier alpha value is -2.21. The van der Waals surface area contributed by atoms with Crippen molar-refractivity contribution in [1.29, 1.82) is 5.26 Å². The molecule has 0 saturated carbocycles. The van der Waals surface area contributed by atoms with Crippen molar-refractivity contribution in [3.05, 3.63) is 53.9 Å². The first-order valence-electron chi connectivity index (χ1n) is 5.48. The van der Waals surface area contributed by atoms with E-state index in [1.54, 1.807) is 7.11 Å². The third-order valence-electron chi connectivity index (χ3n) is 2.62. The van der Waals surface area contributed by atoms with Gasteiger partial charge in [0.25, 0.3) is 0 Å². The van der Waals surface area contributed by atoms with Crippen LogP contribution in [0.4, 0.5) is 0 Å². The van der Waals surface area contributed by atoms with Gasteiger partial charge in [-0.05, 0) is 17.7 Å². The van der Waals surface area contributed by atoms with Gasteiger partial charge in [0, 0.05) is 30.9 Å². The van der Waals surface area contributed by atoms with E-state index in [1.807, 2.05) is 47.6 Å². The highest BCUT2D eigenvalue weighted by Gasteiger charge is 2.05. The molecule has 0 fully saturated rings. The SMILES string of the molecule is COc1ccc(CN2C=CCC(C#N)=C2)cc1. The lowest BCUT2D eigenvalue weighted by atomic mass is 10.1. The van der Waals surface area contributed by atoms with Crippen molar-refractivity contribution in [3.8, 4) is 11.8 Å². The van der Waals surface area contributed by atoms with Crippen molar-refractivity contribution in [2.75, 3.05) is 7.11 Å². The summed E-state index contributed by atoms with van der Waals surface area (Å²) in [6.07, 6.45) is 6.63. The molecule has 1 aliphatic heterocycles. The molecule has 17 heavy (non-hydrogen) atoms. The smallest absolute Gasteiger partial charge is 0.118 e. The Morgan fingerprint density at radius 3 is 2.76 bits per heavy atom. The quantitative estimate of drug-likeness (QED) is 0.795. The maximum absolute atomic E-state index is 8.85. The highest BCUT2D eigenvalue weighted by molar-refractivity contribution is 5.29. The molecule has 1 aromatic rings. The van der Waals surface area contributed by atoms with Crippen LogP contribution in [0.2, 0.25) is 0 Å². The van der Waals surface area contributed by atoms with Gasteiger partial charge in [-0.3, -0.25) is 0 Å². The van der Waals surface area contributed by atoms with E-state index in [0.717, 1.165) is 24.3 Å². The predicted octanol–water partition coefficient (Wildman–Crippen LogP) is 2.82. The number of ether oxygens (including phenoxy) is 1. The Morgan fingerprint density at radius 1 is 1.35 bits per heavy atom.